The van der Waals surface area contributed by atoms with Crippen LogP contribution < -0.4 is 0 Å². The minimum absolute atomic E-state index is 0.312. The molecule has 0 amide bonds. The van der Waals surface area contributed by atoms with Crippen LogP contribution in [0.3, 0.4) is 0 Å². The van der Waals surface area contributed by atoms with Gasteiger partial charge in [-0.1, -0.05) is 0 Å². The van der Waals surface area contributed by atoms with Gasteiger partial charge in [0.2, 0.25) is 0 Å². The summed E-state index contributed by atoms with van der Waals surface area (Å²) in [5, 5.41) is 8.75. The monoisotopic (exact) mass is 282 g/mol. The number of hydrogen-bond acceptors (Lipinski definition) is 4. The van der Waals surface area contributed by atoms with Crippen LogP contribution in [-0.4, -0.2) is 40.6 Å². The van der Waals surface area contributed by atoms with Gasteiger partial charge in [-0.05, 0) is 45.1 Å². The fourth-order valence-corrected chi connectivity index (χ4v) is 3.51. The number of piperidine rings is 1. The highest BCUT2D eigenvalue weighted by molar-refractivity contribution is 7.09. The molecular formula is C14H22N2O2S. The second-order valence-corrected chi connectivity index (χ2v) is 6.29. The molecule has 0 saturated carbocycles. The Morgan fingerprint density at radius 2 is 2.47 bits per heavy atom. The van der Waals surface area contributed by atoms with Gasteiger partial charge in [-0.15, -0.1) is 11.3 Å². The van der Waals surface area contributed by atoms with Gasteiger partial charge in [0.25, 0.3) is 0 Å². The van der Waals surface area contributed by atoms with E-state index < -0.39 is 5.97 Å². The fraction of sp³-hybridized carbons (Fsp3) is 0.714. The van der Waals surface area contributed by atoms with E-state index in [1.807, 2.05) is 5.51 Å². The van der Waals surface area contributed by atoms with Crippen LogP contribution in [0.25, 0.3) is 0 Å². The minimum Gasteiger partial charge on any atom is -0.481 e. The van der Waals surface area contributed by atoms with Crippen molar-refractivity contribution in [1.29, 1.82) is 0 Å². The molecule has 1 aliphatic rings. The number of carbonyl (C=O) groups is 1. The molecule has 106 valence electrons. The van der Waals surface area contributed by atoms with Crippen molar-refractivity contribution in [3.8, 4) is 0 Å². The lowest BCUT2D eigenvalue weighted by atomic mass is 9.93. The molecule has 0 aliphatic carbocycles. The third-order valence-corrected chi connectivity index (χ3v) is 4.86. The van der Waals surface area contributed by atoms with Gasteiger partial charge < -0.3 is 10.0 Å². The van der Waals surface area contributed by atoms with E-state index in [1.165, 1.54) is 17.7 Å². The Hall–Kier alpha value is -0.940. The summed E-state index contributed by atoms with van der Waals surface area (Å²) >= 11 is 1.74. The van der Waals surface area contributed by atoms with E-state index in [0.29, 0.717) is 12.3 Å². The summed E-state index contributed by atoms with van der Waals surface area (Å²) in [6, 6.07) is 0. The molecule has 1 fully saturated rings. The topological polar surface area (TPSA) is 53.4 Å². The summed E-state index contributed by atoms with van der Waals surface area (Å²) in [5.74, 6) is -0.107. The number of hydrogen-bond donors (Lipinski definition) is 1. The summed E-state index contributed by atoms with van der Waals surface area (Å²) in [4.78, 5) is 18.8. The van der Waals surface area contributed by atoms with E-state index in [2.05, 4.69) is 16.8 Å². The van der Waals surface area contributed by atoms with Gasteiger partial charge in [0.15, 0.2) is 0 Å². The lowest BCUT2D eigenvalue weighted by Gasteiger charge is -2.32. The molecule has 1 aromatic rings. The molecule has 0 bridgehead atoms. The number of carboxylic acids is 1. The van der Waals surface area contributed by atoms with Crippen molar-refractivity contribution in [3.63, 3.8) is 0 Å². The highest BCUT2D eigenvalue weighted by atomic mass is 32.1. The normalized spacial score (nSPS) is 20.6. The molecule has 0 spiro atoms. The van der Waals surface area contributed by atoms with Crippen molar-refractivity contribution in [3.05, 3.63) is 16.1 Å². The van der Waals surface area contributed by atoms with Crippen LogP contribution in [-0.2, 0) is 11.2 Å². The largest absolute Gasteiger partial charge is 0.481 e. The summed E-state index contributed by atoms with van der Waals surface area (Å²) in [5.41, 5.74) is 3.07. The second-order valence-electron chi connectivity index (χ2n) is 5.35. The first-order valence-electron chi connectivity index (χ1n) is 6.98. The van der Waals surface area contributed by atoms with Gasteiger partial charge >= 0.3 is 5.97 Å². The zero-order valence-corrected chi connectivity index (χ0v) is 12.3. The van der Waals surface area contributed by atoms with Crippen LogP contribution in [0.2, 0.25) is 0 Å². The number of aromatic nitrogens is 1. The SMILES string of the molecule is Cc1ncsc1CCN1CCCC(CCC(=O)O)C1. The highest BCUT2D eigenvalue weighted by Gasteiger charge is 2.20. The Morgan fingerprint density at radius 1 is 1.63 bits per heavy atom. The lowest BCUT2D eigenvalue weighted by Crippen LogP contribution is -2.36. The first kappa shape index (κ1) is 14.5. The number of aliphatic carboxylic acids is 1. The zero-order valence-electron chi connectivity index (χ0n) is 11.5. The Balaban J connectivity index is 1.75. The lowest BCUT2D eigenvalue weighted by molar-refractivity contribution is -0.137. The number of nitrogens with zero attached hydrogens (tertiary/aromatic N) is 2. The number of likely N-dealkylation sites (tertiary alicyclic amines) is 1. The zero-order chi connectivity index (χ0) is 13.7. The molecule has 1 unspecified atom stereocenters. The maximum atomic E-state index is 10.6. The number of carboxylic acid groups (broad SMARTS) is 1. The number of rotatable bonds is 6. The molecule has 2 rings (SSSR count). The molecule has 19 heavy (non-hydrogen) atoms. The summed E-state index contributed by atoms with van der Waals surface area (Å²) in [6.07, 6.45) is 4.59. The minimum atomic E-state index is -0.669. The van der Waals surface area contributed by atoms with Crippen LogP contribution in [0.4, 0.5) is 0 Å². The van der Waals surface area contributed by atoms with E-state index in [1.54, 1.807) is 11.3 Å². The maximum absolute atomic E-state index is 10.6. The van der Waals surface area contributed by atoms with Gasteiger partial charge in [-0.25, -0.2) is 4.98 Å². The first-order chi connectivity index (χ1) is 9.15. The molecule has 0 aromatic carbocycles. The Bertz CT molecular complexity index is 419. The van der Waals surface area contributed by atoms with Crippen molar-refractivity contribution < 1.29 is 9.90 Å². The second kappa shape index (κ2) is 7.01. The Labute approximate surface area is 118 Å². The predicted molar refractivity (Wildman–Crippen MR) is 76.6 cm³/mol. The molecule has 5 heteroatoms. The van der Waals surface area contributed by atoms with Crippen molar-refractivity contribution >= 4 is 17.3 Å². The molecule has 1 atom stereocenters. The van der Waals surface area contributed by atoms with Crippen LogP contribution in [0.1, 0.15) is 36.3 Å². The van der Waals surface area contributed by atoms with Crippen LogP contribution in [0, 0.1) is 12.8 Å². The molecular weight excluding hydrogens is 260 g/mol. The smallest absolute Gasteiger partial charge is 0.303 e. The Morgan fingerprint density at radius 3 is 3.16 bits per heavy atom. The fourth-order valence-electron chi connectivity index (χ4n) is 2.74. The average molecular weight is 282 g/mol. The Kier molecular flexibility index (Phi) is 5.34. The predicted octanol–water partition coefficient (Wildman–Crippen LogP) is 2.57. The highest BCUT2D eigenvalue weighted by Crippen LogP contribution is 2.22. The van der Waals surface area contributed by atoms with Crippen molar-refractivity contribution in [2.75, 3.05) is 19.6 Å². The van der Waals surface area contributed by atoms with Crippen molar-refractivity contribution in [2.45, 2.75) is 39.0 Å². The average Bonchev–Trinajstić information content (AvgIpc) is 2.80. The van der Waals surface area contributed by atoms with E-state index >= 15 is 0 Å². The molecule has 0 radical (unpaired) electrons. The molecule has 1 N–H and O–H groups in total. The van der Waals surface area contributed by atoms with Gasteiger partial charge in [0, 0.05) is 24.4 Å². The molecule has 1 saturated heterocycles. The van der Waals surface area contributed by atoms with Crippen molar-refractivity contribution in [2.24, 2.45) is 5.92 Å². The standard InChI is InChI=1S/C14H22N2O2S/c1-11-13(19-10-15-11)6-8-16-7-2-3-12(9-16)4-5-14(17)18/h10,12H,2-9H2,1H3,(H,17,18). The van der Waals surface area contributed by atoms with Crippen LogP contribution in [0.5, 0.6) is 0 Å². The summed E-state index contributed by atoms with van der Waals surface area (Å²) < 4.78 is 0. The molecule has 2 heterocycles. The van der Waals surface area contributed by atoms with Crippen molar-refractivity contribution in [1.82, 2.24) is 9.88 Å². The molecule has 4 nitrogen and oxygen atoms in total. The third kappa shape index (κ3) is 4.58. The van der Waals surface area contributed by atoms with E-state index in [-0.39, 0.29) is 0 Å². The van der Waals surface area contributed by atoms with Gasteiger partial charge in [-0.2, -0.15) is 0 Å². The molecule has 1 aliphatic heterocycles. The maximum Gasteiger partial charge on any atom is 0.303 e. The van der Waals surface area contributed by atoms with Crippen LogP contribution >= 0.6 is 11.3 Å². The third-order valence-electron chi connectivity index (χ3n) is 3.87. The van der Waals surface area contributed by atoms with E-state index in [0.717, 1.165) is 38.2 Å². The number of aryl methyl sites for hydroxylation is 1. The van der Waals surface area contributed by atoms with E-state index in [9.17, 15) is 4.79 Å². The van der Waals surface area contributed by atoms with Gasteiger partial charge in [0.05, 0.1) is 11.2 Å². The quantitative estimate of drug-likeness (QED) is 0.871. The van der Waals surface area contributed by atoms with E-state index in [4.69, 9.17) is 5.11 Å². The number of thiazole rings is 1. The summed E-state index contributed by atoms with van der Waals surface area (Å²) in [6.45, 7) is 5.36. The first-order valence-corrected chi connectivity index (χ1v) is 7.86. The van der Waals surface area contributed by atoms with Gasteiger partial charge in [0.1, 0.15) is 0 Å². The van der Waals surface area contributed by atoms with Crippen LogP contribution in [0.15, 0.2) is 5.51 Å². The molecule has 1 aromatic heterocycles. The van der Waals surface area contributed by atoms with Gasteiger partial charge in [-0.3, -0.25) is 4.79 Å². The summed E-state index contributed by atoms with van der Waals surface area (Å²) in [7, 11) is 0.